The number of rotatable bonds is 1. The van der Waals surface area contributed by atoms with Crippen LogP contribution in [0.15, 0.2) is 0 Å². The van der Waals surface area contributed by atoms with Crippen LogP contribution in [0.4, 0.5) is 0 Å². The van der Waals surface area contributed by atoms with E-state index in [4.69, 9.17) is 10.00 Å². The van der Waals surface area contributed by atoms with Crippen LogP contribution in [0.25, 0.3) is 0 Å². The van der Waals surface area contributed by atoms with Crippen molar-refractivity contribution in [1.29, 1.82) is 5.26 Å². The summed E-state index contributed by atoms with van der Waals surface area (Å²) < 4.78 is 5.31. The molecule has 68 valence electrons. The molecule has 1 aliphatic rings. The Morgan fingerprint density at radius 3 is 2.92 bits per heavy atom. The Bertz CT molecular complexity index is 174. The van der Waals surface area contributed by atoms with Gasteiger partial charge in [-0.25, -0.2) is 0 Å². The van der Waals surface area contributed by atoms with Crippen LogP contribution in [0, 0.1) is 11.3 Å². The summed E-state index contributed by atoms with van der Waals surface area (Å²) in [5.74, 6) is 0. The first-order valence-electron chi connectivity index (χ1n) is 4.49. The number of nitriles is 1. The van der Waals surface area contributed by atoms with Crippen molar-refractivity contribution in [2.75, 3.05) is 19.8 Å². The Balaban J connectivity index is 2.59. The van der Waals surface area contributed by atoms with Gasteiger partial charge in [0, 0.05) is 19.2 Å². The van der Waals surface area contributed by atoms with Crippen molar-refractivity contribution < 1.29 is 4.74 Å². The molecule has 3 nitrogen and oxygen atoms in total. The first-order chi connectivity index (χ1) is 5.75. The van der Waals surface area contributed by atoms with Crippen molar-refractivity contribution in [2.45, 2.75) is 32.4 Å². The van der Waals surface area contributed by atoms with Gasteiger partial charge < -0.3 is 4.74 Å². The molecule has 0 bridgehead atoms. The zero-order valence-corrected chi connectivity index (χ0v) is 7.79. The minimum Gasteiger partial charge on any atom is -0.379 e. The highest BCUT2D eigenvalue weighted by Gasteiger charge is 2.22. The minimum absolute atomic E-state index is 0.0486. The lowest BCUT2D eigenvalue weighted by Gasteiger charge is -2.27. The molecule has 0 radical (unpaired) electrons. The standard InChI is InChI=1S/C9H16N2O/c1-8(2)11-4-3-5-12-7-9(11)6-10/h8-9H,3-5,7H2,1-2H3. The van der Waals surface area contributed by atoms with Crippen LogP contribution < -0.4 is 0 Å². The van der Waals surface area contributed by atoms with E-state index in [0.717, 1.165) is 19.6 Å². The fourth-order valence-electron chi connectivity index (χ4n) is 1.53. The Hall–Kier alpha value is -0.590. The zero-order chi connectivity index (χ0) is 8.97. The summed E-state index contributed by atoms with van der Waals surface area (Å²) >= 11 is 0. The van der Waals surface area contributed by atoms with Crippen molar-refractivity contribution in [3.05, 3.63) is 0 Å². The second-order valence-electron chi connectivity index (χ2n) is 3.40. The second kappa shape index (κ2) is 4.44. The lowest BCUT2D eigenvalue weighted by molar-refractivity contribution is 0.111. The molecule has 1 aliphatic heterocycles. The van der Waals surface area contributed by atoms with E-state index in [0.29, 0.717) is 12.6 Å². The van der Waals surface area contributed by atoms with Gasteiger partial charge in [-0.2, -0.15) is 5.26 Å². The van der Waals surface area contributed by atoms with Crippen molar-refractivity contribution in [3.8, 4) is 6.07 Å². The molecule has 1 unspecified atom stereocenters. The second-order valence-corrected chi connectivity index (χ2v) is 3.40. The summed E-state index contributed by atoms with van der Waals surface area (Å²) in [4.78, 5) is 2.20. The summed E-state index contributed by atoms with van der Waals surface area (Å²) in [7, 11) is 0. The third-order valence-corrected chi connectivity index (χ3v) is 2.19. The largest absolute Gasteiger partial charge is 0.379 e. The van der Waals surface area contributed by atoms with Crippen LogP contribution in [0.1, 0.15) is 20.3 Å². The molecule has 1 saturated heterocycles. The first-order valence-corrected chi connectivity index (χ1v) is 4.49. The topological polar surface area (TPSA) is 36.3 Å². The Kier molecular flexibility index (Phi) is 3.51. The van der Waals surface area contributed by atoms with Crippen molar-refractivity contribution in [1.82, 2.24) is 4.90 Å². The lowest BCUT2D eigenvalue weighted by Crippen LogP contribution is -2.41. The zero-order valence-electron chi connectivity index (χ0n) is 7.79. The average Bonchev–Trinajstić information content (AvgIpc) is 2.27. The van der Waals surface area contributed by atoms with Gasteiger partial charge in [0.05, 0.1) is 12.7 Å². The fourth-order valence-corrected chi connectivity index (χ4v) is 1.53. The third-order valence-electron chi connectivity index (χ3n) is 2.19. The van der Waals surface area contributed by atoms with Crippen LogP contribution in [0.2, 0.25) is 0 Å². The predicted octanol–water partition coefficient (Wildman–Crippen LogP) is 1.01. The Labute approximate surface area is 73.9 Å². The van der Waals surface area contributed by atoms with Gasteiger partial charge in [0.1, 0.15) is 6.04 Å². The highest BCUT2D eigenvalue weighted by atomic mass is 16.5. The van der Waals surface area contributed by atoms with E-state index in [2.05, 4.69) is 24.8 Å². The van der Waals surface area contributed by atoms with Gasteiger partial charge in [-0.15, -0.1) is 0 Å². The van der Waals surface area contributed by atoms with Gasteiger partial charge in [0.2, 0.25) is 0 Å². The Morgan fingerprint density at radius 1 is 1.58 bits per heavy atom. The van der Waals surface area contributed by atoms with E-state index in [1.165, 1.54) is 0 Å². The van der Waals surface area contributed by atoms with E-state index in [9.17, 15) is 0 Å². The monoisotopic (exact) mass is 168 g/mol. The molecule has 1 rings (SSSR count). The smallest absolute Gasteiger partial charge is 0.122 e. The summed E-state index contributed by atoms with van der Waals surface area (Å²) in [6.45, 7) is 6.58. The minimum atomic E-state index is -0.0486. The number of ether oxygens (including phenoxy) is 1. The SMILES string of the molecule is CC(C)N1CCCOCC1C#N. The van der Waals surface area contributed by atoms with E-state index < -0.39 is 0 Å². The third kappa shape index (κ3) is 2.20. The number of hydrogen-bond acceptors (Lipinski definition) is 3. The maximum Gasteiger partial charge on any atom is 0.122 e. The molecular weight excluding hydrogens is 152 g/mol. The fraction of sp³-hybridized carbons (Fsp3) is 0.889. The molecule has 0 aromatic heterocycles. The highest BCUT2D eigenvalue weighted by Crippen LogP contribution is 2.10. The number of nitrogens with zero attached hydrogens (tertiary/aromatic N) is 2. The van der Waals surface area contributed by atoms with Crippen LogP contribution in [0.3, 0.4) is 0 Å². The van der Waals surface area contributed by atoms with Gasteiger partial charge in [0.25, 0.3) is 0 Å². The molecule has 0 aromatic carbocycles. The van der Waals surface area contributed by atoms with E-state index in [1.54, 1.807) is 0 Å². The molecular formula is C9H16N2O. The van der Waals surface area contributed by atoms with Crippen LogP contribution in [0.5, 0.6) is 0 Å². The molecule has 1 heterocycles. The van der Waals surface area contributed by atoms with E-state index in [1.807, 2.05) is 0 Å². The summed E-state index contributed by atoms with van der Waals surface area (Å²) in [6.07, 6.45) is 1.04. The van der Waals surface area contributed by atoms with E-state index >= 15 is 0 Å². The molecule has 0 aliphatic carbocycles. The van der Waals surface area contributed by atoms with E-state index in [-0.39, 0.29) is 6.04 Å². The molecule has 1 atom stereocenters. The van der Waals surface area contributed by atoms with Crippen LogP contribution in [-0.4, -0.2) is 36.7 Å². The maximum atomic E-state index is 8.86. The molecule has 0 aromatic rings. The average molecular weight is 168 g/mol. The normalized spacial score (nSPS) is 26.7. The summed E-state index contributed by atoms with van der Waals surface area (Å²) in [5, 5.41) is 8.86. The lowest BCUT2D eigenvalue weighted by atomic mass is 10.2. The molecule has 0 amide bonds. The van der Waals surface area contributed by atoms with Crippen molar-refractivity contribution in [2.24, 2.45) is 0 Å². The van der Waals surface area contributed by atoms with Crippen LogP contribution in [-0.2, 0) is 4.74 Å². The quantitative estimate of drug-likeness (QED) is 0.586. The summed E-state index contributed by atoms with van der Waals surface area (Å²) in [6, 6.07) is 2.67. The molecule has 0 spiro atoms. The number of hydrogen-bond donors (Lipinski definition) is 0. The Morgan fingerprint density at radius 2 is 2.33 bits per heavy atom. The molecule has 0 N–H and O–H groups in total. The van der Waals surface area contributed by atoms with Crippen LogP contribution >= 0.6 is 0 Å². The van der Waals surface area contributed by atoms with Gasteiger partial charge in [0.15, 0.2) is 0 Å². The highest BCUT2D eigenvalue weighted by molar-refractivity contribution is 4.93. The summed E-state index contributed by atoms with van der Waals surface area (Å²) in [5.41, 5.74) is 0. The van der Waals surface area contributed by atoms with Gasteiger partial charge in [-0.3, -0.25) is 4.90 Å². The molecule has 12 heavy (non-hydrogen) atoms. The van der Waals surface area contributed by atoms with Crippen molar-refractivity contribution >= 4 is 0 Å². The predicted molar refractivity (Wildman–Crippen MR) is 46.7 cm³/mol. The van der Waals surface area contributed by atoms with Gasteiger partial charge in [-0.05, 0) is 20.3 Å². The van der Waals surface area contributed by atoms with Gasteiger partial charge >= 0.3 is 0 Å². The van der Waals surface area contributed by atoms with Gasteiger partial charge in [-0.1, -0.05) is 0 Å². The molecule has 3 heteroatoms. The molecule has 0 saturated carbocycles. The first kappa shape index (κ1) is 9.50. The maximum absolute atomic E-state index is 8.86. The molecule has 1 fully saturated rings. The van der Waals surface area contributed by atoms with Crippen molar-refractivity contribution in [3.63, 3.8) is 0 Å².